The van der Waals surface area contributed by atoms with Crippen LogP contribution in [0.3, 0.4) is 0 Å². The summed E-state index contributed by atoms with van der Waals surface area (Å²) in [6.07, 6.45) is 0.729. The normalized spacial score (nSPS) is 16.8. The fraction of sp³-hybridized carbons (Fsp3) is 0.909. The third kappa shape index (κ3) is 4.65. The van der Waals surface area contributed by atoms with Crippen molar-refractivity contribution in [1.82, 2.24) is 0 Å². The van der Waals surface area contributed by atoms with Crippen molar-refractivity contribution in [3.63, 3.8) is 0 Å². The maximum atomic E-state index is 10.3. The molecule has 86 valence electrons. The standard InChI is InChI=1S/C11H23NO.Gd/c1-7-11(13,8(2)3)10(6)12-9(4)5;/h8-9,13H,7H2,1-6H3;. The van der Waals surface area contributed by atoms with E-state index >= 15 is 0 Å². The maximum absolute atomic E-state index is 10.3. The van der Waals surface area contributed by atoms with E-state index in [-0.39, 0.29) is 51.9 Å². The van der Waals surface area contributed by atoms with Crippen molar-refractivity contribution in [2.45, 2.75) is 59.6 Å². The summed E-state index contributed by atoms with van der Waals surface area (Å²) in [5.41, 5.74) is 0.143. The number of aliphatic imine (C=N–C) groups is 1. The Hall–Kier alpha value is 0.955. The summed E-state index contributed by atoms with van der Waals surface area (Å²) < 4.78 is 0. The Morgan fingerprint density at radius 1 is 1.29 bits per heavy atom. The topological polar surface area (TPSA) is 32.6 Å². The van der Waals surface area contributed by atoms with Gasteiger partial charge in [0.05, 0.1) is 0 Å². The average Bonchev–Trinajstić information content (AvgIpc) is 2.01. The summed E-state index contributed by atoms with van der Waals surface area (Å²) in [4.78, 5) is 4.41. The van der Waals surface area contributed by atoms with Crippen LogP contribution in [-0.4, -0.2) is 22.5 Å². The zero-order valence-electron chi connectivity index (χ0n) is 10.1. The van der Waals surface area contributed by atoms with Crippen LogP contribution >= 0.6 is 0 Å². The van der Waals surface area contributed by atoms with E-state index in [2.05, 4.69) is 4.99 Å². The number of hydrogen-bond acceptors (Lipinski definition) is 2. The van der Waals surface area contributed by atoms with E-state index in [1.807, 2.05) is 41.5 Å². The zero-order valence-corrected chi connectivity index (χ0v) is 12.4. The van der Waals surface area contributed by atoms with Crippen LogP contribution in [0.2, 0.25) is 0 Å². The first-order valence-corrected chi connectivity index (χ1v) is 5.11. The summed E-state index contributed by atoms with van der Waals surface area (Å²) >= 11 is 0. The van der Waals surface area contributed by atoms with E-state index in [0.29, 0.717) is 0 Å². The third-order valence-corrected chi connectivity index (χ3v) is 2.57. The van der Waals surface area contributed by atoms with Crippen LogP contribution in [0.15, 0.2) is 4.99 Å². The van der Waals surface area contributed by atoms with Crippen LogP contribution in [-0.2, 0) is 0 Å². The maximum Gasteiger partial charge on any atom is 0.104 e. The van der Waals surface area contributed by atoms with Gasteiger partial charge < -0.3 is 5.11 Å². The molecule has 0 amide bonds. The van der Waals surface area contributed by atoms with Gasteiger partial charge in [-0.2, -0.15) is 0 Å². The van der Waals surface area contributed by atoms with Crippen molar-refractivity contribution >= 4 is 5.71 Å². The molecule has 0 aliphatic carbocycles. The summed E-state index contributed by atoms with van der Waals surface area (Å²) in [5.74, 6) is 0.222. The second-order valence-electron chi connectivity index (χ2n) is 4.24. The number of hydrogen-bond donors (Lipinski definition) is 1. The molecule has 2 nitrogen and oxygen atoms in total. The van der Waals surface area contributed by atoms with Gasteiger partial charge in [0.2, 0.25) is 0 Å². The van der Waals surface area contributed by atoms with Gasteiger partial charge in [0, 0.05) is 51.7 Å². The summed E-state index contributed by atoms with van der Waals surface area (Å²) in [6, 6.07) is 0.261. The molecule has 0 saturated carbocycles. The predicted molar refractivity (Wildman–Crippen MR) is 58.3 cm³/mol. The second kappa shape index (κ2) is 7.26. The van der Waals surface area contributed by atoms with Crippen molar-refractivity contribution in [2.75, 3.05) is 0 Å². The molecular formula is C11H23GdNO. The first-order chi connectivity index (χ1) is 5.84. The average molecular weight is 343 g/mol. The van der Waals surface area contributed by atoms with Gasteiger partial charge in [0.25, 0.3) is 0 Å². The van der Waals surface area contributed by atoms with Crippen LogP contribution in [0.1, 0.15) is 48.0 Å². The summed E-state index contributed by atoms with van der Waals surface area (Å²) in [6.45, 7) is 12.0. The molecule has 14 heavy (non-hydrogen) atoms. The number of rotatable bonds is 4. The van der Waals surface area contributed by atoms with Gasteiger partial charge >= 0.3 is 0 Å². The number of aliphatic hydroxyl groups is 1. The smallest absolute Gasteiger partial charge is 0.104 e. The Bertz CT molecular complexity index is 190. The number of nitrogens with zero attached hydrogens (tertiary/aromatic N) is 1. The first kappa shape index (κ1) is 17.4. The molecule has 0 aromatic carbocycles. The Labute approximate surface area is 120 Å². The molecule has 0 saturated heterocycles. The van der Waals surface area contributed by atoms with Crippen LogP contribution in [0.5, 0.6) is 0 Å². The minimum atomic E-state index is -0.718. The van der Waals surface area contributed by atoms with Gasteiger partial charge in [-0.1, -0.05) is 20.8 Å². The molecule has 0 aromatic heterocycles. The minimum Gasteiger partial charge on any atom is -0.384 e. The molecule has 3 heteroatoms. The fourth-order valence-corrected chi connectivity index (χ4v) is 1.58. The Morgan fingerprint density at radius 3 is 1.93 bits per heavy atom. The van der Waals surface area contributed by atoms with E-state index in [1.54, 1.807) is 0 Å². The van der Waals surface area contributed by atoms with Gasteiger partial charge in [0.1, 0.15) is 5.60 Å². The van der Waals surface area contributed by atoms with Crippen LogP contribution < -0.4 is 0 Å². The van der Waals surface area contributed by atoms with Gasteiger partial charge in [-0.05, 0) is 33.1 Å². The summed E-state index contributed by atoms with van der Waals surface area (Å²) in [5, 5.41) is 10.3. The minimum absolute atomic E-state index is 0. The molecule has 0 rings (SSSR count). The SMILES string of the molecule is CCC(O)(C(C)=NC(C)C)C(C)C.[Gd]. The first-order valence-electron chi connectivity index (χ1n) is 5.11. The molecule has 0 aliphatic rings. The molecule has 1 unspecified atom stereocenters. The Balaban J connectivity index is 0. The largest absolute Gasteiger partial charge is 0.384 e. The van der Waals surface area contributed by atoms with Crippen molar-refractivity contribution < 1.29 is 45.0 Å². The molecule has 0 fully saturated rings. The predicted octanol–water partition coefficient (Wildman–Crippen LogP) is 2.65. The van der Waals surface area contributed by atoms with Crippen molar-refractivity contribution in [1.29, 1.82) is 0 Å². The van der Waals surface area contributed by atoms with Crippen molar-refractivity contribution in [3.8, 4) is 0 Å². The van der Waals surface area contributed by atoms with Gasteiger partial charge in [-0.25, -0.2) is 0 Å². The quantitative estimate of drug-likeness (QED) is 0.783. The monoisotopic (exact) mass is 343 g/mol. The molecule has 1 N–H and O–H groups in total. The van der Waals surface area contributed by atoms with Crippen LogP contribution in [0.25, 0.3) is 0 Å². The van der Waals surface area contributed by atoms with Gasteiger partial charge in [-0.15, -0.1) is 0 Å². The Kier molecular flexibility index (Phi) is 9.00. The van der Waals surface area contributed by atoms with E-state index in [0.717, 1.165) is 12.1 Å². The molecule has 0 radical (unpaired) electrons. The molecular weight excluding hydrogens is 319 g/mol. The van der Waals surface area contributed by atoms with E-state index in [4.69, 9.17) is 0 Å². The van der Waals surface area contributed by atoms with Crippen LogP contribution in [0, 0.1) is 45.9 Å². The fourth-order valence-electron chi connectivity index (χ4n) is 1.58. The molecule has 0 aliphatic heterocycles. The molecule has 0 spiro atoms. The van der Waals surface area contributed by atoms with Crippen molar-refractivity contribution in [3.05, 3.63) is 0 Å². The van der Waals surface area contributed by atoms with Gasteiger partial charge in [0.15, 0.2) is 0 Å². The molecule has 1 atom stereocenters. The third-order valence-electron chi connectivity index (χ3n) is 2.57. The molecule has 0 heterocycles. The van der Waals surface area contributed by atoms with E-state index in [9.17, 15) is 5.11 Å². The molecule has 0 bridgehead atoms. The Morgan fingerprint density at radius 2 is 1.71 bits per heavy atom. The van der Waals surface area contributed by atoms with E-state index in [1.165, 1.54) is 0 Å². The van der Waals surface area contributed by atoms with Crippen molar-refractivity contribution in [2.24, 2.45) is 10.9 Å². The second-order valence-corrected chi connectivity index (χ2v) is 4.24. The molecule has 0 aromatic rings. The van der Waals surface area contributed by atoms with E-state index < -0.39 is 5.60 Å². The van der Waals surface area contributed by atoms with Gasteiger partial charge in [-0.3, -0.25) is 4.99 Å². The van der Waals surface area contributed by atoms with Crippen LogP contribution in [0.4, 0.5) is 0 Å². The summed E-state index contributed by atoms with van der Waals surface area (Å²) in [7, 11) is 0. The zero-order chi connectivity index (χ0) is 10.6.